The van der Waals surface area contributed by atoms with Gasteiger partial charge in [0.15, 0.2) is 0 Å². The quantitative estimate of drug-likeness (QED) is 0.605. The van der Waals surface area contributed by atoms with Crippen LogP contribution >= 0.6 is 0 Å². The van der Waals surface area contributed by atoms with Crippen LogP contribution < -0.4 is 15.8 Å². The highest BCUT2D eigenvalue weighted by atomic mass is 16.5. The molecule has 0 unspecified atom stereocenters. The molecule has 0 saturated heterocycles. The van der Waals surface area contributed by atoms with E-state index in [2.05, 4.69) is 22.3 Å². The molecule has 5 heteroatoms. The molecule has 1 heterocycles. The molecule has 0 aromatic heterocycles. The minimum atomic E-state index is -0.157. The summed E-state index contributed by atoms with van der Waals surface area (Å²) >= 11 is 0. The van der Waals surface area contributed by atoms with Crippen molar-refractivity contribution in [3.8, 4) is 5.75 Å². The molecule has 1 aliphatic rings. The lowest BCUT2D eigenvalue weighted by molar-refractivity contribution is -0.113. The third-order valence-corrected chi connectivity index (χ3v) is 5.33. The van der Waals surface area contributed by atoms with Crippen LogP contribution in [0.2, 0.25) is 0 Å². The summed E-state index contributed by atoms with van der Waals surface area (Å²) < 4.78 is 5.87. The van der Waals surface area contributed by atoms with Gasteiger partial charge in [0.05, 0.1) is 5.57 Å². The van der Waals surface area contributed by atoms with Gasteiger partial charge in [0, 0.05) is 43.5 Å². The van der Waals surface area contributed by atoms with E-state index >= 15 is 0 Å². The maximum Gasteiger partial charge on any atom is 0.254 e. The van der Waals surface area contributed by atoms with Crippen molar-refractivity contribution >= 4 is 11.6 Å². The minimum Gasteiger partial charge on any atom is -0.489 e. The second kappa shape index (κ2) is 9.96. The van der Waals surface area contributed by atoms with E-state index in [9.17, 15) is 4.79 Å². The Morgan fingerprint density at radius 1 is 0.935 bits per heavy atom. The highest BCUT2D eigenvalue weighted by Crippen LogP contribution is 2.22. The van der Waals surface area contributed by atoms with Gasteiger partial charge in [0.1, 0.15) is 12.4 Å². The van der Waals surface area contributed by atoms with E-state index in [0.717, 1.165) is 18.7 Å². The highest BCUT2D eigenvalue weighted by molar-refractivity contribution is 6.04. The molecule has 3 aromatic rings. The number of nitrogens with zero attached hydrogens (tertiary/aromatic N) is 1. The molecule has 3 aromatic carbocycles. The van der Waals surface area contributed by atoms with Crippen LogP contribution in [-0.4, -0.2) is 23.9 Å². The van der Waals surface area contributed by atoms with Crippen LogP contribution in [0, 0.1) is 0 Å². The lowest BCUT2D eigenvalue weighted by Crippen LogP contribution is -2.37. The first-order valence-electron chi connectivity index (χ1n) is 10.5. The summed E-state index contributed by atoms with van der Waals surface area (Å²) in [6.07, 6.45) is 0.690. The number of hydrogen-bond acceptors (Lipinski definition) is 4. The fraction of sp³-hybridized carbons (Fsp3) is 0.192. The largest absolute Gasteiger partial charge is 0.489 e. The lowest BCUT2D eigenvalue weighted by Gasteiger charge is -2.29. The van der Waals surface area contributed by atoms with Gasteiger partial charge in [-0.15, -0.1) is 0 Å². The molecule has 3 N–H and O–H groups in total. The Morgan fingerprint density at radius 2 is 1.65 bits per heavy atom. The van der Waals surface area contributed by atoms with Crippen LogP contribution in [0.15, 0.2) is 96.2 Å². The number of nitrogens with one attached hydrogen (secondary N) is 1. The average molecular weight is 414 g/mol. The fourth-order valence-corrected chi connectivity index (χ4v) is 3.64. The monoisotopic (exact) mass is 413 g/mol. The zero-order valence-corrected chi connectivity index (χ0v) is 17.5. The molecule has 0 bridgehead atoms. The van der Waals surface area contributed by atoms with E-state index in [4.69, 9.17) is 10.5 Å². The Kier molecular flexibility index (Phi) is 6.65. The second-order valence-electron chi connectivity index (χ2n) is 7.71. The molecule has 31 heavy (non-hydrogen) atoms. The van der Waals surface area contributed by atoms with Gasteiger partial charge < -0.3 is 15.8 Å². The summed E-state index contributed by atoms with van der Waals surface area (Å²) in [6.45, 7) is 2.66. The van der Waals surface area contributed by atoms with Gasteiger partial charge in [-0.2, -0.15) is 0 Å². The van der Waals surface area contributed by atoms with Crippen molar-refractivity contribution in [3.63, 3.8) is 0 Å². The Balaban J connectivity index is 1.37. The standard InChI is InChI=1S/C26H27N3O2/c27-25-14-15-29(17-20-8-3-1-4-9-20)18-24(25)26(30)28-22-12-7-13-23(16-22)31-19-21-10-5-2-6-11-21/h1-13,16H,14-15,17-19,27H2,(H,28,30). The molecule has 1 aliphatic heterocycles. The molecule has 0 fully saturated rings. The van der Waals surface area contributed by atoms with Gasteiger partial charge in [-0.1, -0.05) is 66.7 Å². The van der Waals surface area contributed by atoms with E-state index in [1.54, 1.807) is 0 Å². The summed E-state index contributed by atoms with van der Waals surface area (Å²) in [4.78, 5) is 15.2. The van der Waals surface area contributed by atoms with Gasteiger partial charge in [-0.25, -0.2) is 0 Å². The number of benzene rings is 3. The summed E-state index contributed by atoms with van der Waals surface area (Å²) in [5.74, 6) is 0.549. The van der Waals surface area contributed by atoms with Crippen LogP contribution in [0.5, 0.6) is 5.75 Å². The average Bonchev–Trinajstić information content (AvgIpc) is 2.80. The van der Waals surface area contributed by atoms with Crippen LogP contribution in [0.3, 0.4) is 0 Å². The third kappa shape index (κ3) is 5.74. The highest BCUT2D eigenvalue weighted by Gasteiger charge is 2.22. The van der Waals surface area contributed by atoms with E-state index in [1.807, 2.05) is 72.8 Å². The number of hydrogen-bond donors (Lipinski definition) is 2. The molecule has 0 spiro atoms. The third-order valence-electron chi connectivity index (χ3n) is 5.33. The number of ether oxygens (including phenoxy) is 1. The predicted octanol–water partition coefficient (Wildman–Crippen LogP) is 4.32. The summed E-state index contributed by atoms with van der Waals surface area (Å²) in [7, 11) is 0. The van der Waals surface area contributed by atoms with Crippen LogP contribution in [0.1, 0.15) is 17.5 Å². The molecule has 0 saturated carbocycles. The zero-order chi connectivity index (χ0) is 21.5. The number of amides is 1. The molecular weight excluding hydrogens is 386 g/mol. The predicted molar refractivity (Wildman–Crippen MR) is 123 cm³/mol. The van der Waals surface area contributed by atoms with Crippen molar-refractivity contribution in [1.82, 2.24) is 4.90 Å². The Labute approximate surface area is 183 Å². The lowest BCUT2D eigenvalue weighted by atomic mass is 10.0. The van der Waals surface area contributed by atoms with Crippen LogP contribution in [-0.2, 0) is 17.9 Å². The summed E-state index contributed by atoms with van der Waals surface area (Å²) in [6, 6.07) is 27.7. The van der Waals surface area contributed by atoms with Gasteiger partial charge in [-0.3, -0.25) is 9.69 Å². The van der Waals surface area contributed by atoms with Crippen LogP contribution in [0.25, 0.3) is 0 Å². The molecule has 5 nitrogen and oxygen atoms in total. The first kappa shape index (κ1) is 20.7. The normalized spacial score (nSPS) is 14.3. The van der Waals surface area contributed by atoms with E-state index in [1.165, 1.54) is 5.56 Å². The van der Waals surface area contributed by atoms with Crippen molar-refractivity contribution in [1.29, 1.82) is 0 Å². The molecule has 0 aliphatic carbocycles. The van der Waals surface area contributed by atoms with Gasteiger partial charge in [0.2, 0.25) is 0 Å². The Hall–Kier alpha value is -3.57. The van der Waals surface area contributed by atoms with Gasteiger partial charge >= 0.3 is 0 Å². The van der Waals surface area contributed by atoms with E-state index in [-0.39, 0.29) is 5.91 Å². The number of carbonyl (C=O) groups is 1. The SMILES string of the molecule is NC1=C(C(=O)Nc2cccc(OCc3ccccc3)c2)CN(Cc2ccccc2)CC1. The van der Waals surface area contributed by atoms with Crippen molar-refractivity contribution < 1.29 is 9.53 Å². The van der Waals surface area contributed by atoms with Gasteiger partial charge in [-0.05, 0) is 23.3 Å². The number of anilines is 1. The Morgan fingerprint density at radius 3 is 2.39 bits per heavy atom. The maximum absolute atomic E-state index is 13.0. The van der Waals surface area contributed by atoms with Gasteiger partial charge in [0.25, 0.3) is 5.91 Å². The maximum atomic E-state index is 13.0. The molecule has 4 rings (SSSR count). The summed E-state index contributed by atoms with van der Waals surface area (Å²) in [5, 5.41) is 2.98. The van der Waals surface area contributed by atoms with Crippen LogP contribution in [0.4, 0.5) is 5.69 Å². The number of nitrogens with two attached hydrogens (primary N) is 1. The molecular formula is C26H27N3O2. The van der Waals surface area contributed by atoms with E-state index in [0.29, 0.717) is 42.3 Å². The first-order valence-corrected chi connectivity index (χ1v) is 10.5. The second-order valence-corrected chi connectivity index (χ2v) is 7.71. The fourth-order valence-electron chi connectivity index (χ4n) is 3.64. The van der Waals surface area contributed by atoms with Crippen molar-refractivity contribution in [2.24, 2.45) is 5.73 Å². The van der Waals surface area contributed by atoms with Crippen molar-refractivity contribution in [2.75, 3.05) is 18.4 Å². The Bertz CT molecular complexity index is 1050. The molecule has 1 amide bonds. The smallest absolute Gasteiger partial charge is 0.254 e. The number of rotatable bonds is 7. The zero-order valence-electron chi connectivity index (χ0n) is 17.5. The molecule has 0 atom stereocenters. The van der Waals surface area contributed by atoms with Crippen molar-refractivity contribution in [2.45, 2.75) is 19.6 Å². The first-order chi connectivity index (χ1) is 15.2. The molecule has 158 valence electrons. The minimum absolute atomic E-state index is 0.157. The number of carbonyl (C=O) groups excluding carboxylic acids is 1. The van der Waals surface area contributed by atoms with Crippen molar-refractivity contribution in [3.05, 3.63) is 107 Å². The molecule has 0 radical (unpaired) electrons. The summed E-state index contributed by atoms with van der Waals surface area (Å²) in [5.41, 5.74) is 10.5. The topological polar surface area (TPSA) is 67.6 Å². The van der Waals surface area contributed by atoms with E-state index < -0.39 is 0 Å².